The van der Waals surface area contributed by atoms with Crippen molar-refractivity contribution in [1.82, 2.24) is 10.6 Å². The van der Waals surface area contributed by atoms with Crippen molar-refractivity contribution in [2.75, 3.05) is 19.6 Å². The second-order valence-electron chi connectivity index (χ2n) is 4.05. The summed E-state index contributed by atoms with van der Waals surface area (Å²) in [4.78, 5) is 12.6. The molecule has 1 aliphatic heterocycles. The fraction of sp³-hybridized carbons (Fsp3) is 0.545. The lowest BCUT2D eigenvalue weighted by atomic mass is 10.1. The second-order valence-corrected chi connectivity index (χ2v) is 5.85. The number of nitrogens with one attached hydrogen (secondary N) is 2. The molecule has 1 aromatic rings. The predicted molar refractivity (Wildman–Crippen MR) is 67.0 cm³/mol. The highest BCUT2D eigenvalue weighted by Gasteiger charge is 2.15. The minimum atomic E-state index is 0.0883. The highest BCUT2D eigenvalue weighted by molar-refractivity contribution is 7.16. The third-order valence-electron chi connectivity index (χ3n) is 2.71. The fourth-order valence-corrected chi connectivity index (χ4v) is 2.90. The molecule has 1 unspecified atom stereocenters. The molecule has 3 nitrogen and oxygen atoms in total. The quantitative estimate of drug-likeness (QED) is 0.863. The SMILES string of the molecule is O=C(Cc1ccc(Cl)s1)NCC1CCNC1. The monoisotopic (exact) mass is 258 g/mol. The average Bonchev–Trinajstić information content (AvgIpc) is 2.87. The Balaban J connectivity index is 1.71. The van der Waals surface area contributed by atoms with Crippen LogP contribution in [0.15, 0.2) is 12.1 Å². The van der Waals surface area contributed by atoms with E-state index in [1.54, 1.807) is 0 Å². The first kappa shape index (κ1) is 11.9. The molecule has 2 heterocycles. The first-order chi connectivity index (χ1) is 7.74. The van der Waals surface area contributed by atoms with Crippen LogP contribution in [0, 0.1) is 5.92 Å². The average molecular weight is 259 g/mol. The van der Waals surface area contributed by atoms with Crippen LogP contribution in [0.2, 0.25) is 4.34 Å². The lowest BCUT2D eigenvalue weighted by Gasteiger charge is -2.09. The van der Waals surface area contributed by atoms with Crippen LogP contribution in [0.25, 0.3) is 0 Å². The van der Waals surface area contributed by atoms with Gasteiger partial charge in [0.1, 0.15) is 0 Å². The molecule has 16 heavy (non-hydrogen) atoms. The first-order valence-corrected chi connectivity index (χ1v) is 6.65. The van der Waals surface area contributed by atoms with Crippen LogP contribution < -0.4 is 10.6 Å². The normalized spacial score (nSPS) is 19.9. The molecular weight excluding hydrogens is 244 g/mol. The minimum Gasteiger partial charge on any atom is -0.355 e. The summed E-state index contributed by atoms with van der Waals surface area (Å²) in [6.07, 6.45) is 1.60. The van der Waals surface area contributed by atoms with Gasteiger partial charge in [0.15, 0.2) is 0 Å². The number of thiophene rings is 1. The smallest absolute Gasteiger partial charge is 0.225 e. The summed E-state index contributed by atoms with van der Waals surface area (Å²) in [6.45, 7) is 2.87. The number of halogens is 1. The maximum atomic E-state index is 11.6. The molecule has 1 amide bonds. The number of hydrogen-bond donors (Lipinski definition) is 2. The van der Waals surface area contributed by atoms with E-state index < -0.39 is 0 Å². The van der Waals surface area contributed by atoms with E-state index in [1.165, 1.54) is 11.3 Å². The lowest BCUT2D eigenvalue weighted by molar-refractivity contribution is -0.120. The Morgan fingerprint density at radius 3 is 3.12 bits per heavy atom. The molecule has 0 spiro atoms. The fourth-order valence-electron chi connectivity index (χ4n) is 1.81. The molecule has 1 saturated heterocycles. The maximum Gasteiger partial charge on any atom is 0.225 e. The van der Waals surface area contributed by atoms with Crippen molar-refractivity contribution < 1.29 is 4.79 Å². The van der Waals surface area contributed by atoms with Gasteiger partial charge in [-0.3, -0.25) is 4.79 Å². The van der Waals surface area contributed by atoms with Gasteiger partial charge in [-0.2, -0.15) is 0 Å². The van der Waals surface area contributed by atoms with Crippen molar-refractivity contribution in [3.63, 3.8) is 0 Å². The summed E-state index contributed by atoms with van der Waals surface area (Å²) < 4.78 is 0.739. The first-order valence-electron chi connectivity index (χ1n) is 5.45. The second kappa shape index (κ2) is 5.66. The standard InChI is InChI=1S/C11H15ClN2OS/c12-10-2-1-9(16-10)5-11(15)14-7-8-3-4-13-6-8/h1-2,8,13H,3-7H2,(H,14,15). The van der Waals surface area contributed by atoms with Crippen LogP contribution in [0.3, 0.4) is 0 Å². The van der Waals surface area contributed by atoms with E-state index in [4.69, 9.17) is 11.6 Å². The van der Waals surface area contributed by atoms with Crippen molar-refractivity contribution in [3.05, 3.63) is 21.3 Å². The summed E-state index contributed by atoms with van der Waals surface area (Å²) in [7, 11) is 0. The van der Waals surface area contributed by atoms with Gasteiger partial charge in [0.2, 0.25) is 5.91 Å². The predicted octanol–water partition coefficient (Wildman–Crippen LogP) is 1.67. The third-order valence-corrected chi connectivity index (χ3v) is 3.95. The van der Waals surface area contributed by atoms with E-state index in [0.717, 1.165) is 35.3 Å². The van der Waals surface area contributed by atoms with Gasteiger partial charge in [-0.25, -0.2) is 0 Å². The summed E-state index contributed by atoms with van der Waals surface area (Å²) >= 11 is 7.27. The molecule has 1 fully saturated rings. The zero-order chi connectivity index (χ0) is 11.4. The van der Waals surface area contributed by atoms with Crippen LogP contribution in [0.1, 0.15) is 11.3 Å². The van der Waals surface area contributed by atoms with Gasteiger partial charge in [-0.05, 0) is 37.6 Å². The van der Waals surface area contributed by atoms with Gasteiger partial charge in [-0.15, -0.1) is 11.3 Å². The van der Waals surface area contributed by atoms with Gasteiger partial charge in [-0.1, -0.05) is 11.6 Å². The van der Waals surface area contributed by atoms with Gasteiger partial charge in [0.05, 0.1) is 10.8 Å². The molecule has 5 heteroatoms. The van der Waals surface area contributed by atoms with Gasteiger partial charge in [0.25, 0.3) is 0 Å². The van der Waals surface area contributed by atoms with Crippen LogP contribution >= 0.6 is 22.9 Å². The maximum absolute atomic E-state index is 11.6. The highest BCUT2D eigenvalue weighted by Crippen LogP contribution is 2.21. The Morgan fingerprint density at radius 1 is 1.62 bits per heavy atom. The number of rotatable bonds is 4. The summed E-state index contributed by atoms with van der Waals surface area (Å²) in [6, 6.07) is 3.74. The van der Waals surface area contributed by atoms with Crippen LogP contribution in [0.5, 0.6) is 0 Å². The van der Waals surface area contributed by atoms with E-state index in [2.05, 4.69) is 10.6 Å². The summed E-state index contributed by atoms with van der Waals surface area (Å²) in [5.74, 6) is 0.682. The molecule has 1 atom stereocenters. The van der Waals surface area contributed by atoms with E-state index in [-0.39, 0.29) is 5.91 Å². The summed E-state index contributed by atoms with van der Waals surface area (Å²) in [5, 5.41) is 6.25. The third kappa shape index (κ3) is 3.47. The topological polar surface area (TPSA) is 41.1 Å². The largest absolute Gasteiger partial charge is 0.355 e. The highest BCUT2D eigenvalue weighted by atomic mass is 35.5. The van der Waals surface area contributed by atoms with Crippen molar-refractivity contribution in [1.29, 1.82) is 0 Å². The number of carbonyl (C=O) groups is 1. The summed E-state index contributed by atoms with van der Waals surface area (Å²) in [5.41, 5.74) is 0. The van der Waals surface area contributed by atoms with Gasteiger partial charge < -0.3 is 10.6 Å². The van der Waals surface area contributed by atoms with E-state index in [9.17, 15) is 4.79 Å². The van der Waals surface area contributed by atoms with E-state index in [1.807, 2.05) is 12.1 Å². The van der Waals surface area contributed by atoms with Crippen molar-refractivity contribution >= 4 is 28.8 Å². The number of hydrogen-bond acceptors (Lipinski definition) is 3. The molecule has 0 aliphatic carbocycles. The molecule has 0 saturated carbocycles. The van der Waals surface area contributed by atoms with Gasteiger partial charge >= 0.3 is 0 Å². The Labute approximate surface area is 104 Å². The van der Waals surface area contributed by atoms with Crippen molar-refractivity contribution in [3.8, 4) is 0 Å². The zero-order valence-corrected chi connectivity index (χ0v) is 10.5. The van der Waals surface area contributed by atoms with Crippen LogP contribution in [-0.2, 0) is 11.2 Å². The van der Waals surface area contributed by atoms with Gasteiger partial charge in [0, 0.05) is 11.4 Å². The Hall–Kier alpha value is -0.580. The van der Waals surface area contributed by atoms with Crippen LogP contribution in [0.4, 0.5) is 0 Å². The number of amides is 1. The molecular formula is C11H15ClN2OS. The molecule has 88 valence electrons. The number of carbonyl (C=O) groups excluding carboxylic acids is 1. The molecule has 1 aromatic heterocycles. The Kier molecular flexibility index (Phi) is 4.21. The zero-order valence-electron chi connectivity index (χ0n) is 8.96. The molecule has 0 bridgehead atoms. The molecule has 0 aromatic carbocycles. The molecule has 2 N–H and O–H groups in total. The van der Waals surface area contributed by atoms with Crippen LogP contribution in [-0.4, -0.2) is 25.5 Å². The minimum absolute atomic E-state index is 0.0883. The van der Waals surface area contributed by atoms with E-state index >= 15 is 0 Å². The lowest BCUT2D eigenvalue weighted by Crippen LogP contribution is -2.31. The Bertz CT molecular complexity index is 361. The van der Waals surface area contributed by atoms with E-state index in [0.29, 0.717) is 12.3 Å². The molecule has 1 aliphatic rings. The van der Waals surface area contributed by atoms with Crippen molar-refractivity contribution in [2.45, 2.75) is 12.8 Å². The molecule has 0 radical (unpaired) electrons. The Morgan fingerprint density at radius 2 is 2.50 bits per heavy atom. The van der Waals surface area contributed by atoms with Crippen molar-refractivity contribution in [2.24, 2.45) is 5.92 Å². The molecule has 2 rings (SSSR count).